The van der Waals surface area contributed by atoms with Crippen LogP contribution in [0.5, 0.6) is 0 Å². The third-order valence-electron chi connectivity index (χ3n) is 2.57. The van der Waals surface area contributed by atoms with Gasteiger partial charge in [0.15, 0.2) is 5.69 Å². The van der Waals surface area contributed by atoms with Crippen LogP contribution in [0.25, 0.3) is 0 Å². The van der Waals surface area contributed by atoms with Crippen LogP contribution in [0.1, 0.15) is 20.8 Å². The van der Waals surface area contributed by atoms with E-state index in [1.807, 2.05) is 0 Å². The Labute approximate surface area is 129 Å². The van der Waals surface area contributed by atoms with E-state index < -0.39 is 5.97 Å². The lowest BCUT2D eigenvalue weighted by Gasteiger charge is -2.07. The van der Waals surface area contributed by atoms with Crippen molar-refractivity contribution in [3.05, 3.63) is 46.2 Å². The number of carbonyl (C=O) groups excluding carboxylic acids is 1. The lowest BCUT2D eigenvalue weighted by atomic mass is 10.2. The number of carboxylic acid groups (broad SMARTS) is 1. The van der Waals surface area contributed by atoms with Gasteiger partial charge in [-0.2, -0.15) is 0 Å². The highest BCUT2D eigenvalue weighted by molar-refractivity contribution is 6.35. The van der Waals surface area contributed by atoms with E-state index in [2.05, 4.69) is 15.3 Å². The molecular weight excluding hydrogens is 319 g/mol. The molecule has 2 heterocycles. The first kappa shape index (κ1) is 15.3. The van der Waals surface area contributed by atoms with Gasteiger partial charge < -0.3 is 15.0 Å². The van der Waals surface area contributed by atoms with E-state index in [1.165, 1.54) is 24.8 Å². The molecule has 0 unspecified atom stereocenters. The monoisotopic (exact) mass is 328 g/mol. The minimum Gasteiger partial charge on any atom is -0.476 e. The Morgan fingerprint density at radius 2 is 2.10 bits per heavy atom. The quantitative estimate of drug-likeness (QED) is 0.814. The number of carboxylic acids is 1. The number of hydrogen-bond donors (Lipinski definition) is 2. The fourth-order valence-corrected chi connectivity index (χ4v) is 1.92. The van der Waals surface area contributed by atoms with Crippen molar-refractivity contribution in [2.24, 2.45) is 0 Å². The third-order valence-corrected chi connectivity index (χ3v) is 3.08. The summed E-state index contributed by atoms with van der Waals surface area (Å²) in [5, 5.41) is 11.8. The van der Waals surface area contributed by atoms with Gasteiger partial charge in [-0.25, -0.2) is 14.8 Å². The highest BCUT2D eigenvalue weighted by Crippen LogP contribution is 2.17. The molecule has 0 saturated carbocycles. The molecule has 0 radical (unpaired) electrons. The van der Waals surface area contributed by atoms with E-state index in [0.717, 1.165) is 0 Å². The first-order valence-electron chi connectivity index (χ1n) is 5.81. The zero-order valence-electron chi connectivity index (χ0n) is 10.6. The number of nitrogens with one attached hydrogen (secondary N) is 1. The van der Waals surface area contributed by atoms with Crippen molar-refractivity contribution in [2.75, 3.05) is 6.54 Å². The molecule has 21 heavy (non-hydrogen) atoms. The van der Waals surface area contributed by atoms with Crippen molar-refractivity contribution in [2.45, 2.75) is 6.54 Å². The maximum atomic E-state index is 11.9. The molecule has 0 bridgehead atoms. The number of nitrogens with zero attached hydrogens (tertiary/aromatic N) is 3. The summed E-state index contributed by atoms with van der Waals surface area (Å²) in [4.78, 5) is 30.0. The number of carbonyl (C=O) groups is 2. The number of amides is 1. The number of aromatic nitrogens is 3. The van der Waals surface area contributed by atoms with Crippen LogP contribution < -0.4 is 5.32 Å². The van der Waals surface area contributed by atoms with E-state index >= 15 is 0 Å². The fraction of sp³-hybridized carbons (Fsp3) is 0.167. The maximum Gasteiger partial charge on any atom is 0.356 e. The molecule has 2 N–H and O–H groups in total. The van der Waals surface area contributed by atoms with E-state index in [0.29, 0.717) is 6.54 Å². The zero-order valence-corrected chi connectivity index (χ0v) is 12.1. The molecule has 0 aliphatic carbocycles. The molecule has 0 spiro atoms. The largest absolute Gasteiger partial charge is 0.476 e. The van der Waals surface area contributed by atoms with Crippen molar-refractivity contribution >= 4 is 35.1 Å². The molecule has 2 aromatic heterocycles. The molecule has 0 aliphatic rings. The van der Waals surface area contributed by atoms with Crippen LogP contribution in [-0.2, 0) is 6.54 Å². The van der Waals surface area contributed by atoms with Crippen molar-refractivity contribution in [3.63, 3.8) is 0 Å². The molecule has 110 valence electrons. The van der Waals surface area contributed by atoms with Gasteiger partial charge in [-0.1, -0.05) is 23.2 Å². The number of hydrogen-bond acceptors (Lipinski definition) is 4. The van der Waals surface area contributed by atoms with Crippen LogP contribution in [0.4, 0.5) is 0 Å². The molecule has 2 rings (SSSR count). The molecule has 1 amide bonds. The van der Waals surface area contributed by atoms with Crippen LogP contribution in [0.15, 0.2) is 24.8 Å². The third kappa shape index (κ3) is 3.93. The van der Waals surface area contributed by atoms with Crippen LogP contribution in [0, 0.1) is 0 Å². The van der Waals surface area contributed by atoms with Gasteiger partial charge in [0.05, 0.1) is 16.9 Å². The molecule has 0 aliphatic heterocycles. The van der Waals surface area contributed by atoms with Crippen molar-refractivity contribution < 1.29 is 14.7 Å². The van der Waals surface area contributed by atoms with Crippen LogP contribution in [0.2, 0.25) is 10.2 Å². The van der Waals surface area contributed by atoms with E-state index in [-0.39, 0.29) is 33.9 Å². The Morgan fingerprint density at radius 3 is 2.76 bits per heavy atom. The molecule has 0 aromatic carbocycles. The average molecular weight is 329 g/mol. The standard InChI is InChI=1S/C12H10Cl2N4O3/c13-8-4-16-10(14)3-7(8)11(19)15-1-2-18-5-9(12(20)21)17-6-18/h3-6H,1-2H2,(H,15,19)(H,20,21). The molecule has 0 fully saturated rings. The summed E-state index contributed by atoms with van der Waals surface area (Å²) in [7, 11) is 0. The van der Waals surface area contributed by atoms with Gasteiger partial charge in [-0.15, -0.1) is 0 Å². The number of halogens is 2. The smallest absolute Gasteiger partial charge is 0.356 e. The lowest BCUT2D eigenvalue weighted by molar-refractivity contribution is 0.0690. The minimum absolute atomic E-state index is 0.0507. The number of aromatic carboxylic acids is 1. The van der Waals surface area contributed by atoms with Crippen LogP contribution in [-0.4, -0.2) is 38.1 Å². The summed E-state index contributed by atoms with van der Waals surface area (Å²) < 4.78 is 1.56. The molecule has 2 aromatic rings. The average Bonchev–Trinajstić information content (AvgIpc) is 2.90. The summed E-state index contributed by atoms with van der Waals surface area (Å²) in [5.74, 6) is -1.49. The Morgan fingerprint density at radius 1 is 1.33 bits per heavy atom. The van der Waals surface area contributed by atoms with Gasteiger partial charge in [0.2, 0.25) is 0 Å². The van der Waals surface area contributed by atoms with Crippen LogP contribution in [0.3, 0.4) is 0 Å². The second kappa shape index (κ2) is 6.55. The van der Waals surface area contributed by atoms with Gasteiger partial charge in [0, 0.05) is 25.5 Å². The number of pyridine rings is 1. The zero-order chi connectivity index (χ0) is 15.4. The predicted molar refractivity (Wildman–Crippen MR) is 75.8 cm³/mol. The normalized spacial score (nSPS) is 10.4. The highest BCUT2D eigenvalue weighted by Gasteiger charge is 2.11. The van der Waals surface area contributed by atoms with Gasteiger partial charge in [0.25, 0.3) is 5.91 Å². The SMILES string of the molecule is O=C(O)c1cn(CCNC(=O)c2cc(Cl)ncc2Cl)cn1. The number of rotatable bonds is 5. The molecule has 0 atom stereocenters. The first-order valence-corrected chi connectivity index (χ1v) is 6.57. The summed E-state index contributed by atoms with van der Waals surface area (Å²) in [6, 6.07) is 1.37. The first-order chi connectivity index (χ1) is 9.97. The van der Waals surface area contributed by atoms with Gasteiger partial charge in [0.1, 0.15) is 5.15 Å². The molecular formula is C12H10Cl2N4O3. The molecule has 0 saturated heterocycles. The minimum atomic E-state index is -1.10. The molecule has 9 heteroatoms. The summed E-state index contributed by atoms with van der Waals surface area (Å²) in [6.45, 7) is 0.660. The highest BCUT2D eigenvalue weighted by atomic mass is 35.5. The van der Waals surface area contributed by atoms with Crippen molar-refractivity contribution in [1.29, 1.82) is 0 Å². The van der Waals surface area contributed by atoms with Crippen molar-refractivity contribution in [1.82, 2.24) is 19.9 Å². The fourth-order valence-electron chi connectivity index (χ4n) is 1.57. The Balaban J connectivity index is 1.92. The second-order valence-corrected chi connectivity index (χ2v) is 4.84. The topological polar surface area (TPSA) is 97.1 Å². The maximum absolute atomic E-state index is 11.9. The summed E-state index contributed by atoms with van der Waals surface area (Å²) in [6.07, 6.45) is 4.06. The second-order valence-electron chi connectivity index (χ2n) is 4.04. The van der Waals surface area contributed by atoms with E-state index in [1.54, 1.807) is 4.57 Å². The molecule has 7 nitrogen and oxygen atoms in total. The Kier molecular flexibility index (Phi) is 4.77. The van der Waals surface area contributed by atoms with Crippen LogP contribution >= 0.6 is 23.2 Å². The number of imidazole rings is 1. The van der Waals surface area contributed by atoms with Gasteiger partial charge in [-0.05, 0) is 6.07 Å². The van der Waals surface area contributed by atoms with E-state index in [4.69, 9.17) is 28.3 Å². The van der Waals surface area contributed by atoms with E-state index in [9.17, 15) is 9.59 Å². The lowest BCUT2D eigenvalue weighted by Crippen LogP contribution is -2.27. The Hall–Kier alpha value is -2.12. The predicted octanol–water partition coefficient (Wildman–Crippen LogP) is 1.71. The summed E-state index contributed by atoms with van der Waals surface area (Å²) in [5.41, 5.74) is 0.179. The summed E-state index contributed by atoms with van der Waals surface area (Å²) >= 11 is 11.6. The Bertz CT molecular complexity index is 687. The van der Waals surface area contributed by atoms with Gasteiger partial charge >= 0.3 is 5.97 Å². The van der Waals surface area contributed by atoms with Gasteiger partial charge in [-0.3, -0.25) is 4.79 Å². The van der Waals surface area contributed by atoms with Crippen molar-refractivity contribution in [3.8, 4) is 0 Å².